The number of hydrogen-bond acceptors (Lipinski definition) is 0. The third kappa shape index (κ3) is 2.94. The first-order valence-electron chi connectivity index (χ1n) is 4.05. The van der Waals surface area contributed by atoms with Crippen molar-refractivity contribution in [1.82, 2.24) is 0 Å². The Kier molecular flexibility index (Phi) is 4.36. The normalized spacial score (nSPS) is 10.2. The van der Waals surface area contributed by atoms with Crippen LogP contribution in [0.2, 0.25) is 0 Å². The maximum absolute atomic E-state index is 5.64. The summed E-state index contributed by atoms with van der Waals surface area (Å²) < 4.78 is 1.35. The molecule has 0 amide bonds. The predicted molar refractivity (Wildman–Crippen MR) is 62.9 cm³/mol. The Morgan fingerprint density at radius 1 is 1.42 bits per heavy atom. The highest BCUT2D eigenvalue weighted by atomic mass is 127. The Balaban J connectivity index is 2.75. The summed E-state index contributed by atoms with van der Waals surface area (Å²) in [4.78, 5) is 0. The predicted octanol–water partition coefficient (Wildman–Crippen LogP) is 3.77. The molecule has 0 N–H and O–H groups in total. The molecule has 0 aromatic heterocycles. The van der Waals surface area contributed by atoms with Gasteiger partial charge in [-0.3, -0.25) is 0 Å². The van der Waals surface area contributed by atoms with Gasteiger partial charge >= 0.3 is 0 Å². The van der Waals surface area contributed by atoms with Crippen molar-refractivity contribution in [3.8, 4) is 0 Å². The van der Waals surface area contributed by atoms with E-state index in [-0.39, 0.29) is 0 Å². The SMILES string of the molecule is Cc1ccc(I)c(CCCCl)c1. The van der Waals surface area contributed by atoms with Gasteiger partial charge in [-0.15, -0.1) is 11.6 Å². The summed E-state index contributed by atoms with van der Waals surface area (Å²) in [6, 6.07) is 6.56. The monoisotopic (exact) mass is 294 g/mol. The van der Waals surface area contributed by atoms with Crippen LogP contribution < -0.4 is 0 Å². The Morgan fingerprint density at radius 2 is 2.17 bits per heavy atom. The van der Waals surface area contributed by atoms with E-state index in [9.17, 15) is 0 Å². The molecule has 2 heteroatoms. The van der Waals surface area contributed by atoms with Crippen LogP contribution in [0.3, 0.4) is 0 Å². The zero-order valence-electron chi connectivity index (χ0n) is 7.11. The van der Waals surface area contributed by atoms with Crippen LogP contribution in [0.15, 0.2) is 18.2 Å². The maximum atomic E-state index is 5.64. The van der Waals surface area contributed by atoms with Crippen LogP contribution in [-0.2, 0) is 6.42 Å². The quantitative estimate of drug-likeness (QED) is 0.588. The number of alkyl halides is 1. The van der Waals surface area contributed by atoms with E-state index in [0.29, 0.717) is 0 Å². The molecule has 0 spiro atoms. The standard InChI is InChI=1S/C10H12ClI/c1-8-4-5-10(12)9(7-8)3-2-6-11/h4-5,7H,2-3,6H2,1H3. The second-order valence-corrected chi connectivity index (χ2v) is 4.43. The number of hydrogen-bond donors (Lipinski definition) is 0. The molecule has 0 radical (unpaired) electrons. The van der Waals surface area contributed by atoms with Crippen molar-refractivity contribution in [1.29, 1.82) is 0 Å². The fourth-order valence-electron chi connectivity index (χ4n) is 1.15. The van der Waals surface area contributed by atoms with Crippen LogP contribution in [0.4, 0.5) is 0 Å². The van der Waals surface area contributed by atoms with Gasteiger partial charge in [0.25, 0.3) is 0 Å². The molecule has 0 saturated carbocycles. The Labute approximate surface area is 92.5 Å². The zero-order valence-corrected chi connectivity index (χ0v) is 10.0. The molecular formula is C10H12ClI. The molecule has 66 valence electrons. The fraction of sp³-hybridized carbons (Fsp3) is 0.400. The molecule has 1 aromatic rings. The molecule has 1 rings (SSSR count). The summed E-state index contributed by atoms with van der Waals surface area (Å²) in [7, 11) is 0. The summed E-state index contributed by atoms with van der Waals surface area (Å²) in [5, 5.41) is 0. The first-order valence-corrected chi connectivity index (χ1v) is 5.66. The first-order chi connectivity index (χ1) is 5.74. The minimum atomic E-state index is 0.754. The summed E-state index contributed by atoms with van der Waals surface area (Å²) in [6.45, 7) is 2.13. The van der Waals surface area contributed by atoms with Gasteiger partial charge in [-0.05, 0) is 54.0 Å². The Morgan fingerprint density at radius 3 is 2.83 bits per heavy atom. The molecular weight excluding hydrogens is 282 g/mol. The Bertz CT molecular complexity index is 258. The van der Waals surface area contributed by atoms with Crippen molar-refractivity contribution in [2.24, 2.45) is 0 Å². The van der Waals surface area contributed by atoms with E-state index in [4.69, 9.17) is 11.6 Å². The van der Waals surface area contributed by atoms with E-state index in [1.807, 2.05) is 0 Å². The molecule has 0 unspecified atom stereocenters. The molecule has 0 bridgehead atoms. The topological polar surface area (TPSA) is 0 Å². The van der Waals surface area contributed by atoms with E-state index in [2.05, 4.69) is 47.7 Å². The second kappa shape index (κ2) is 5.07. The van der Waals surface area contributed by atoms with Gasteiger partial charge < -0.3 is 0 Å². The molecule has 1 aromatic carbocycles. The highest BCUT2D eigenvalue weighted by molar-refractivity contribution is 14.1. The van der Waals surface area contributed by atoms with Crippen LogP contribution in [-0.4, -0.2) is 5.88 Å². The fourth-order valence-corrected chi connectivity index (χ4v) is 1.89. The highest BCUT2D eigenvalue weighted by Crippen LogP contribution is 2.15. The lowest BCUT2D eigenvalue weighted by Gasteiger charge is -2.03. The largest absolute Gasteiger partial charge is 0.127 e. The van der Waals surface area contributed by atoms with E-state index < -0.39 is 0 Å². The van der Waals surface area contributed by atoms with Gasteiger partial charge in [0.1, 0.15) is 0 Å². The summed E-state index contributed by atoms with van der Waals surface area (Å²) in [5.41, 5.74) is 2.76. The molecule has 0 aliphatic carbocycles. The van der Waals surface area contributed by atoms with Crippen molar-refractivity contribution in [3.63, 3.8) is 0 Å². The smallest absolute Gasteiger partial charge is 0.0226 e. The van der Waals surface area contributed by atoms with Gasteiger partial charge in [-0.25, -0.2) is 0 Å². The number of benzene rings is 1. The van der Waals surface area contributed by atoms with Crippen LogP contribution in [0.5, 0.6) is 0 Å². The van der Waals surface area contributed by atoms with Crippen molar-refractivity contribution < 1.29 is 0 Å². The highest BCUT2D eigenvalue weighted by Gasteiger charge is 1.98. The van der Waals surface area contributed by atoms with Crippen molar-refractivity contribution >= 4 is 34.2 Å². The van der Waals surface area contributed by atoms with Gasteiger partial charge in [-0.2, -0.15) is 0 Å². The van der Waals surface area contributed by atoms with E-state index in [1.54, 1.807) is 0 Å². The average Bonchev–Trinajstić information content (AvgIpc) is 2.07. The summed E-state index contributed by atoms with van der Waals surface area (Å²) in [5.74, 6) is 0.754. The van der Waals surface area contributed by atoms with E-state index in [1.165, 1.54) is 14.7 Å². The van der Waals surface area contributed by atoms with Gasteiger partial charge in [0.2, 0.25) is 0 Å². The molecule has 0 aliphatic heterocycles. The number of halogens is 2. The molecule has 0 saturated heterocycles. The number of rotatable bonds is 3. The second-order valence-electron chi connectivity index (χ2n) is 2.89. The van der Waals surface area contributed by atoms with E-state index >= 15 is 0 Å². The molecule has 0 aliphatic rings. The Hall–Kier alpha value is 0.240. The first kappa shape index (κ1) is 10.3. The van der Waals surface area contributed by atoms with Crippen molar-refractivity contribution in [2.75, 3.05) is 5.88 Å². The molecule has 0 fully saturated rings. The minimum Gasteiger partial charge on any atom is -0.127 e. The van der Waals surface area contributed by atoms with Crippen molar-refractivity contribution in [3.05, 3.63) is 32.9 Å². The maximum Gasteiger partial charge on any atom is 0.0226 e. The van der Waals surface area contributed by atoms with Crippen LogP contribution in [0, 0.1) is 10.5 Å². The zero-order chi connectivity index (χ0) is 8.97. The summed E-state index contributed by atoms with van der Waals surface area (Å²) >= 11 is 8.01. The third-order valence-corrected chi connectivity index (χ3v) is 3.10. The lowest BCUT2D eigenvalue weighted by molar-refractivity contribution is 0.921. The molecule has 12 heavy (non-hydrogen) atoms. The molecule has 0 heterocycles. The van der Waals surface area contributed by atoms with Gasteiger partial charge in [0.05, 0.1) is 0 Å². The van der Waals surface area contributed by atoms with Crippen LogP contribution in [0.25, 0.3) is 0 Å². The van der Waals surface area contributed by atoms with Crippen LogP contribution in [0.1, 0.15) is 17.5 Å². The lowest BCUT2D eigenvalue weighted by Crippen LogP contribution is -1.91. The summed E-state index contributed by atoms with van der Waals surface area (Å²) in [6.07, 6.45) is 2.17. The average molecular weight is 295 g/mol. The van der Waals surface area contributed by atoms with Gasteiger partial charge in [0, 0.05) is 9.45 Å². The van der Waals surface area contributed by atoms with Crippen LogP contribution >= 0.6 is 34.2 Å². The minimum absolute atomic E-state index is 0.754. The lowest BCUT2D eigenvalue weighted by atomic mass is 10.1. The molecule has 0 nitrogen and oxygen atoms in total. The van der Waals surface area contributed by atoms with Gasteiger partial charge in [-0.1, -0.05) is 17.7 Å². The number of aryl methyl sites for hydroxylation is 2. The molecule has 0 atom stereocenters. The van der Waals surface area contributed by atoms with E-state index in [0.717, 1.165) is 18.7 Å². The van der Waals surface area contributed by atoms with Gasteiger partial charge in [0.15, 0.2) is 0 Å². The third-order valence-electron chi connectivity index (χ3n) is 1.78. The van der Waals surface area contributed by atoms with Crippen molar-refractivity contribution in [2.45, 2.75) is 19.8 Å².